The molecular formula is C12H10BrF3N4. The fraction of sp³-hybridized carbons (Fsp3) is 0.333. The van der Waals surface area contributed by atoms with E-state index in [2.05, 4.69) is 26.0 Å². The van der Waals surface area contributed by atoms with Gasteiger partial charge in [-0.2, -0.15) is 18.3 Å². The monoisotopic (exact) mass is 346 g/mol. The van der Waals surface area contributed by atoms with Crippen LogP contribution >= 0.6 is 15.9 Å². The smallest absolute Gasteiger partial charge is 0.352 e. The molecule has 0 atom stereocenters. The first-order valence-corrected chi connectivity index (χ1v) is 6.71. The van der Waals surface area contributed by atoms with Gasteiger partial charge in [-0.1, -0.05) is 0 Å². The maximum absolute atomic E-state index is 12.9. The molecule has 1 aliphatic heterocycles. The number of alkyl halides is 3. The summed E-state index contributed by atoms with van der Waals surface area (Å²) < 4.78 is 41.3. The molecule has 2 aromatic rings. The number of nitrogens with zero attached hydrogens (tertiary/aromatic N) is 4. The van der Waals surface area contributed by atoms with E-state index in [4.69, 9.17) is 0 Å². The first kappa shape index (κ1) is 13.4. The van der Waals surface area contributed by atoms with Crippen molar-refractivity contribution in [1.29, 1.82) is 0 Å². The lowest BCUT2D eigenvalue weighted by Gasteiger charge is -2.40. The van der Waals surface area contributed by atoms with Gasteiger partial charge in [0, 0.05) is 25.5 Å². The van der Waals surface area contributed by atoms with Crippen LogP contribution in [0.5, 0.6) is 0 Å². The zero-order chi connectivity index (χ0) is 14.3. The van der Waals surface area contributed by atoms with Crippen molar-refractivity contribution in [2.24, 2.45) is 0 Å². The Morgan fingerprint density at radius 1 is 1.30 bits per heavy atom. The van der Waals surface area contributed by atoms with Crippen LogP contribution in [0.3, 0.4) is 0 Å². The third-order valence-corrected chi connectivity index (χ3v) is 3.61. The highest BCUT2D eigenvalue weighted by atomic mass is 79.9. The molecule has 3 heterocycles. The van der Waals surface area contributed by atoms with E-state index in [9.17, 15) is 13.2 Å². The lowest BCUT2D eigenvalue weighted by Crippen LogP contribution is -2.49. The zero-order valence-electron chi connectivity index (χ0n) is 10.2. The summed E-state index contributed by atoms with van der Waals surface area (Å²) in [6, 6.07) is 2.43. The molecule has 20 heavy (non-hydrogen) atoms. The van der Waals surface area contributed by atoms with Gasteiger partial charge in [0.25, 0.3) is 0 Å². The van der Waals surface area contributed by atoms with Crippen LogP contribution in [0.25, 0.3) is 0 Å². The number of hydrogen-bond donors (Lipinski definition) is 0. The molecule has 4 nitrogen and oxygen atoms in total. The van der Waals surface area contributed by atoms with Crippen molar-refractivity contribution in [3.05, 3.63) is 40.8 Å². The highest BCUT2D eigenvalue weighted by Crippen LogP contribution is 2.38. The van der Waals surface area contributed by atoms with E-state index in [1.165, 1.54) is 12.3 Å². The maximum atomic E-state index is 12.9. The number of pyridine rings is 1. The number of halogens is 4. The Balaban J connectivity index is 1.77. The second-order valence-corrected chi connectivity index (χ2v) is 5.49. The van der Waals surface area contributed by atoms with Gasteiger partial charge in [0.1, 0.15) is 5.82 Å². The van der Waals surface area contributed by atoms with E-state index in [-0.39, 0.29) is 11.9 Å². The fourth-order valence-electron chi connectivity index (χ4n) is 2.18. The number of rotatable bonds is 2. The van der Waals surface area contributed by atoms with Gasteiger partial charge < -0.3 is 4.90 Å². The molecule has 0 bridgehead atoms. The summed E-state index contributed by atoms with van der Waals surface area (Å²) in [5.74, 6) is -0.0116. The average Bonchev–Trinajstić information content (AvgIpc) is 2.73. The minimum Gasteiger partial charge on any atom is -0.352 e. The van der Waals surface area contributed by atoms with Crippen molar-refractivity contribution >= 4 is 21.7 Å². The second-order valence-electron chi connectivity index (χ2n) is 4.57. The van der Waals surface area contributed by atoms with Gasteiger partial charge in [-0.05, 0) is 28.1 Å². The molecule has 1 fully saturated rings. The van der Waals surface area contributed by atoms with E-state index < -0.39 is 11.7 Å². The largest absolute Gasteiger partial charge is 0.419 e. The molecule has 106 valence electrons. The molecule has 1 saturated heterocycles. The molecular weight excluding hydrogens is 337 g/mol. The highest BCUT2D eigenvalue weighted by Gasteiger charge is 2.39. The Bertz CT molecular complexity index is 619. The summed E-state index contributed by atoms with van der Waals surface area (Å²) in [5, 5.41) is 4.14. The van der Waals surface area contributed by atoms with Crippen molar-refractivity contribution in [3.8, 4) is 0 Å². The predicted octanol–water partition coefficient (Wildman–Crippen LogP) is 3.12. The Hall–Kier alpha value is -1.57. The third-order valence-electron chi connectivity index (χ3n) is 3.20. The second kappa shape index (κ2) is 4.76. The third kappa shape index (κ3) is 2.39. The molecule has 0 amide bonds. The maximum Gasteiger partial charge on any atom is 0.419 e. The molecule has 0 aliphatic carbocycles. The van der Waals surface area contributed by atoms with E-state index in [0.29, 0.717) is 13.1 Å². The van der Waals surface area contributed by atoms with Crippen LogP contribution in [0, 0.1) is 0 Å². The number of hydrogen-bond acceptors (Lipinski definition) is 3. The average molecular weight is 347 g/mol. The Labute approximate surface area is 121 Å². The van der Waals surface area contributed by atoms with Gasteiger partial charge >= 0.3 is 6.18 Å². The summed E-state index contributed by atoms with van der Waals surface area (Å²) in [6.07, 6.45) is 0.460. The van der Waals surface area contributed by atoms with Crippen molar-refractivity contribution < 1.29 is 13.2 Å². The van der Waals surface area contributed by atoms with Crippen molar-refractivity contribution in [1.82, 2.24) is 14.8 Å². The predicted molar refractivity (Wildman–Crippen MR) is 70.4 cm³/mol. The molecule has 8 heteroatoms. The van der Waals surface area contributed by atoms with Crippen LogP contribution in [0.2, 0.25) is 0 Å². The van der Waals surface area contributed by atoms with Gasteiger partial charge in [0.05, 0.1) is 22.3 Å². The van der Waals surface area contributed by atoms with Crippen LogP contribution < -0.4 is 4.90 Å². The van der Waals surface area contributed by atoms with Crippen molar-refractivity contribution in [2.45, 2.75) is 12.2 Å². The van der Waals surface area contributed by atoms with Crippen LogP contribution in [-0.2, 0) is 6.18 Å². The van der Waals surface area contributed by atoms with Gasteiger partial charge in [-0.15, -0.1) is 0 Å². The first-order chi connectivity index (χ1) is 9.45. The lowest BCUT2D eigenvalue weighted by atomic mass is 10.1. The summed E-state index contributed by atoms with van der Waals surface area (Å²) in [5.41, 5.74) is -0.694. The van der Waals surface area contributed by atoms with Crippen LogP contribution in [-0.4, -0.2) is 27.9 Å². The SMILES string of the molecule is FC(F)(F)c1cccnc1N1CC(n2cc(Br)cn2)C1. The van der Waals surface area contributed by atoms with E-state index >= 15 is 0 Å². The molecule has 2 aromatic heterocycles. The first-order valence-electron chi connectivity index (χ1n) is 5.92. The van der Waals surface area contributed by atoms with Gasteiger partial charge in [-0.3, -0.25) is 4.68 Å². The Kier molecular flexibility index (Phi) is 3.19. The molecule has 0 saturated carbocycles. The van der Waals surface area contributed by atoms with Gasteiger partial charge in [0.2, 0.25) is 0 Å². The summed E-state index contributed by atoms with van der Waals surface area (Å²) in [6.45, 7) is 0.933. The van der Waals surface area contributed by atoms with Crippen molar-refractivity contribution in [3.63, 3.8) is 0 Å². The molecule has 0 unspecified atom stereocenters. The Morgan fingerprint density at radius 3 is 2.65 bits per heavy atom. The topological polar surface area (TPSA) is 34.0 Å². The summed E-state index contributed by atoms with van der Waals surface area (Å²) in [7, 11) is 0. The van der Waals surface area contributed by atoms with Crippen molar-refractivity contribution in [2.75, 3.05) is 18.0 Å². The Morgan fingerprint density at radius 2 is 2.05 bits per heavy atom. The molecule has 1 aliphatic rings. The molecule has 0 spiro atoms. The van der Waals surface area contributed by atoms with E-state index in [1.54, 1.807) is 15.8 Å². The van der Waals surface area contributed by atoms with E-state index in [1.807, 2.05) is 6.20 Å². The minimum atomic E-state index is -4.39. The molecule has 0 N–H and O–H groups in total. The molecule has 0 radical (unpaired) electrons. The van der Waals surface area contributed by atoms with Crippen LogP contribution in [0.15, 0.2) is 35.2 Å². The minimum absolute atomic E-state index is 0.0116. The van der Waals surface area contributed by atoms with Crippen LogP contribution in [0.1, 0.15) is 11.6 Å². The lowest BCUT2D eigenvalue weighted by molar-refractivity contribution is -0.137. The molecule has 0 aromatic carbocycles. The number of anilines is 1. The van der Waals surface area contributed by atoms with Crippen LogP contribution in [0.4, 0.5) is 19.0 Å². The fourth-order valence-corrected chi connectivity index (χ4v) is 2.48. The van der Waals surface area contributed by atoms with E-state index in [0.717, 1.165) is 10.5 Å². The summed E-state index contributed by atoms with van der Waals surface area (Å²) >= 11 is 3.29. The standard InChI is InChI=1S/C12H10BrF3N4/c13-8-4-18-20(5-8)9-6-19(7-9)11-10(12(14,15)16)2-1-3-17-11/h1-5,9H,6-7H2. The zero-order valence-corrected chi connectivity index (χ0v) is 11.8. The molecule has 3 rings (SSSR count). The summed E-state index contributed by atoms with van der Waals surface area (Å²) in [4.78, 5) is 5.48. The highest BCUT2D eigenvalue weighted by molar-refractivity contribution is 9.10. The quantitative estimate of drug-likeness (QED) is 0.837. The van der Waals surface area contributed by atoms with Gasteiger partial charge in [-0.25, -0.2) is 4.98 Å². The van der Waals surface area contributed by atoms with Gasteiger partial charge in [0.15, 0.2) is 0 Å². The number of aromatic nitrogens is 3. The normalized spacial score (nSPS) is 16.3.